The Morgan fingerprint density at radius 1 is 0.520 bits per heavy atom. The fraction of sp³-hybridized carbons (Fsp3) is 0. The molecule has 0 bridgehead atoms. The van der Waals surface area contributed by atoms with Gasteiger partial charge in [0.1, 0.15) is 0 Å². The van der Waals surface area contributed by atoms with Crippen molar-refractivity contribution in [2.45, 2.75) is 0 Å². The summed E-state index contributed by atoms with van der Waals surface area (Å²) in [4.78, 5) is 12.6. The number of Topliss-reactive ketones (excluding diaryl/α,β-unsaturated/α-hetero) is 1. The number of benzene rings is 3. The van der Waals surface area contributed by atoms with Crippen molar-refractivity contribution in [2.24, 2.45) is 0 Å². The SMILES string of the molecule is O=C1C(O)=C(c2ccccc2)C1=C1c2ccccc2-c2ccccc21. The third-order valence-electron chi connectivity index (χ3n) is 4.92. The molecular weight excluding hydrogens is 308 g/mol. The zero-order chi connectivity index (χ0) is 17.0. The number of carbonyl (C=O) groups excluding carboxylic acids is 1. The fourth-order valence-electron chi connectivity index (χ4n) is 3.81. The van der Waals surface area contributed by atoms with Gasteiger partial charge in [0, 0.05) is 16.7 Å². The van der Waals surface area contributed by atoms with Crippen molar-refractivity contribution in [3.63, 3.8) is 0 Å². The Morgan fingerprint density at radius 2 is 1.00 bits per heavy atom. The van der Waals surface area contributed by atoms with E-state index in [1.54, 1.807) is 0 Å². The van der Waals surface area contributed by atoms with Crippen LogP contribution in [0.25, 0.3) is 22.3 Å². The standard InChI is InChI=1S/C23H14O2/c24-22-19(14-8-2-1-3-9-14)21(23(22)25)20-17-12-6-4-10-15(17)16-11-5-7-13-18(16)20/h1-13,24H. The fourth-order valence-corrected chi connectivity index (χ4v) is 3.81. The molecule has 0 fully saturated rings. The highest BCUT2D eigenvalue weighted by Crippen LogP contribution is 2.51. The van der Waals surface area contributed by atoms with Crippen molar-refractivity contribution >= 4 is 16.9 Å². The third kappa shape index (κ3) is 1.82. The van der Waals surface area contributed by atoms with Crippen LogP contribution >= 0.6 is 0 Å². The largest absolute Gasteiger partial charge is 0.504 e. The van der Waals surface area contributed by atoms with Crippen LogP contribution in [0, 0.1) is 0 Å². The van der Waals surface area contributed by atoms with E-state index in [1.807, 2.05) is 66.7 Å². The van der Waals surface area contributed by atoms with Gasteiger partial charge < -0.3 is 5.11 Å². The topological polar surface area (TPSA) is 37.3 Å². The summed E-state index contributed by atoms with van der Waals surface area (Å²) in [5, 5.41) is 10.3. The first-order valence-corrected chi connectivity index (χ1v) is 8.24. The van der Waals surface area contributed by atoms with Crippen LogP contribution in [0.3, 0.4) is 0 Å². The quantitative estimate of drug-likeness (QED) is 0.500. The monoisotopic (exact) mass is 322 g/mol. The number of rotatable bonds is 1. The Hall–Kier alpha value is -3.39. The number of fused-ring (bicyclic) bond motifs is 3. The van der Waals surface area contributed by atoms with Crippen molar-refractivity contribution in [2.75, 3.05) is 0 Å². The normalized spacial score (nSPS) is 15.1. The second-order valence-corrected chi connectivity index (χ2v) is 6.26. The van der Waals surface area contributed by atoms with Crippen LogP contribution in [0.1, 0.15) is 16.7 Å². The van der Waals surface area contributed by atoms with E-state index in [2.05, 4.69) is 12.1 Å². The molecule has 0 aromatic heterocycles. The maximum absolute atomic E-state index is 12.6. The molecule has 5 rings (SSSR count). The van der Waals surface area contributed by atoms with Crippen molar-refractivity contribution < 1.29 is 9.90 Å². The number of hydrogen-bond donors (Lipinski definition) is 1. The Kier molecular flexibility index (Phi) is 2.83. The lowest BCUT2D eigenvalue weighted by Crippen LogP contribution is -2.22. The molecule has 2 aliphatic carbocycles. The zero-order valence-electron chi connectivity index (χ0n) is 13.4. The molecule has 0 unspecified atom stereocenters. The molecule has 0 aliphatic heterocycles. The molecule has 2 heteroatoms. The van der Waals surface area contributed by atoms with Crippen LogP contribution in [0.15, 0.2) is 90.2 Å². The highest BCUT2D eigenvalue weighted by atomic mass is 16.3. The van der Waals surface area contributed by atoms with E-state index in [1.165, 1.54) is 0 Å². The predicted molar refractivity (Wildman–Crippen MR) is 98.9 cm³/mol. The van der Waals surface area contributed by atoms with Gasteiger partial charge in [-0.25, -0.2) is 0 Å². The highest BCUT2D eigenvalue weighted by molar-refractivity contribution is 6.36. The first kappa shape index (κ1) is 14.0. The minimum atomic E-state index is -0.277. The minimum absolute atomic E-state index is 0.143. The van der Waals surface area contributed by atoms with Crippen LogP contribution < -0.4 is 0 Å². The summed E-state index contributed by atoms with van der Waals surface area (Å²) in [6, 6.07) is 25.8. The summed E-state index contributed by atoms with van der Waals surface area (Å²) >= 11 is 0. The number of ketones is 1. The van der Waals surface area contributed by atoms with Gasteiger partial charge in [-0.2, -0.15) is 0 Å². The summed E-state index contributed by atoms with van der Waals surface area (Å²) in [5.41, 5.74) is 7.41. The number of allylic oxidation sites excluding steroid dienone is 2. The average molecular weight is 322 g/mol. The maximum Gasteiger partial charge on any atom is 0.229 e. The van der Waals surface area contributed by atoms with Crippen molar-refractivity contribution in [1.29, 1.82) is 0 Å². The van der Waals surface area contributed by atoms with Gasteiger partial charge >= 0.3 is 0 Å². The minimum Gasteiger partial charge on any atom is -0.504 e. The molecular formula is C23H14O2. The van der Waals surface area contributed by atoms with Crippen LogP contribution in [0.5, 0.6) is 0 Å². The van der Waals surface area contributed by atoms with E-state index in [9.17, 15) is 9.90 Å². The first-order chi connectivity index (χ1) is 12.3. The zero-order valence-corrected chi connectivity index (χ0v) is 13.4. The number of carbonyl (C=O) groups is 1. The van der Waals surface area contributed by atoms with Gasteiger partial charge in [0.2, 0.25) is 5.78 Å². The van der Waals surface area contributed by atoms with Crippen LogP contribution in [0.2, 0.25) is 0 Å². The van der Waals surface area contributed by atoms with E-state index < -0.39 is 0 Å². The van der Waals surface area contributed by atoms with E-state index in [4.69, 9.17) is 0 Å². The molecule has 118 valence electrons. The molecule has 0 spiro atoms. The van der Waals surface area contributed by atoms with Gasteiger partial charge in [-0.15, -0.1) is 0 Å². The molecule has 0 heterocycles. The van der Waals surface area contributed by atoms with E-state index in [-0.39, 0.29) is 11.5 Å². The Balaban J connectivity index is 1.85. The van der Waals surface area contributed by atoms with Gasteiger partial charge in [0.15, 0.2) is 5.76 Å². The molecule has 0 saturated heterocycles. The van der Waals surface area contributed by atoms with E-state index >= 15 is 0 Å². The van der Waals surface area contributed by atoms with Crippen LogP contribution in [0.4, 0.5) is 0 Å². The molecule has 25 heavy (non-hydrogen) atoms. The Morgan fingerprint density at radius 3 is 1.56 bits per heavy atom. The van der Waals surface area contributed by atoms with Crippen molar-refractivity contribution in [3.8, 4) is 11.1 Å². The van der Waals surface area contributed by atoms with Crippen molar-refractivity contribution in [3.05, 3.63) is 107 Å². The molecule has 0 saturated carbocycles. The lowest BCUT2D eigenvalue weighted by atomic mass is 9.78. The number of hydrogen-bond acceptors (Lipinski definition) is 2. The van der Waals surface area contributed by atoms with Gasteiger partial charge in [0.25, 0.3) is 0 Å². The Bertz CT molecular complexity index is 1050. The number of aliphatic hydroxyl groups excluding tert-OH is 1. The summed E-state index contributed by atoms with van der Waals surface area (Å²) in [5.74, 6) is -0.420. The second-order valence-electron chi connectivity index (χ2n) is 6.26. The predicted octanol–water partition coefficient (Wildman–Crippen LogP) is 5.02. The van der Waals surface area contributed by atoms with E-state index in [0.717, 1.165) is 33.4 Å². The van der Waals surface area contributed by atoms with Gasteiger partial charge in [-0.3, -0.25) is 4.79 Å². The first-order valence-electron chi connectivity index (χ1n) is 8.24. The summed E-state index contributed by atoms with van der Waals surface area (Å²) in [6.45, 7) is 0. The van der Waals surface area contributed by atoms with Gasteiger partial charge in [-0.05, 0) is 27.8 Å². The molecule has 0 radical (unpaired) electrons. The highest BCUT2D eigenvalue weighted by Gasteiger charge is 2.40. The second kappa shape index (κ2) is 5.05. The molecule has 2 aliphatic rings. The lowest BCUT2D eigenvalue weighted by molar-refractivity contribution is -0.115. The number of aliphatic hydroxyl groups is 1. The molecule has 1 N–H and O–H groups in total. The van der Waals surface area contributed by atoms with Gasteiger partial charge in [-0.1, -0.05) is 78.9 Å². The molecule has 0 amide bonds. The van der Waals surface area contributed by atoms with Crippen LogP contribution in [-0.4, -0.2) is 10.9 Å². The molecule has 3 aromatic rings. The van der Waals surface area contributed by atoms with Crippen LogP contribution in [-0.2, 0) is 4.79 Å². The molecule has 0 atom stereocenters. The lowest BCUT2D eigenvalue weighted by Gasteiger charge is -2.24. The summed E-state index contributed by atoms with van der Waals surface area (Å²) in [7, 11) is 0. The van der Waals surface area contributed by atoms with Gasteiger partial charge in [0.05, 0.1) is 0 Å². The third-order valence-corrected chi connectivity index (χ3v) is 4.92. The average Bonchev–Trinajstić information content (AvgIpc) is 3.00. The van der Waals surface area contributed by atoms with E-state index in [0.29, 0.717) is 11.1 Å². The smallest absolute Gasteiger partial charge is 0.229 e. The molecule has 2 nitrogen and oxygen atoms in total. The Labute approximate surface area is 145 Å². The maximum atomic E-state index is 12.6. The summed E-state index contributed by atoms with van der Waals surface area (Å²) in [6.07, 6.45) is 0. The van der Waals surface area contributed by atoms with Crippen molar-refractivity contribution in [1.82, 2.24) is 0 Å². The summed E-state index contributed by atoms with van der Waals surface area (Å²) < 4.78 is 0. The molecule has 3 aromatic carbocycles.